The average Bonchev–Trinajstić information content (AvgIpc) is 2.45. The lowest BCUT2D eigenvalue weighted by Gasteiger charge is -2.36. The Balaban J connectivity index is 2.93. The summed E-state index contributed by atoms with van der Waals surface area (Å²) in [5.41, 5.74) is 2.99. The van der Waals surface area contributed by atoms with Crippen molar-refractivity contribution in [2.24, 2.45) is 11.8 Å². The third-order valence-electron chi connectivity index (χ3n) is 4.90. The topological polar surface area (TPSA) is 3.24 Å². The van der Waals surface area contributed by atoms with Crippen molar-refractivity contribution in [3.8, 4) is 0 Å². The normalized spacial score (nSPS) is 15.0. The lowest BCUT2D eigenvalue weighted by atomic mass is 9.85. The molecule has 1 aromatic carbocycles. The summed E-state index contributed by atoms with van der Waals surface area (Å²) in [4.78, 5) is 2.50. The van der Waals surface area contributed by atoms with Gasteiger partial charge in [-0.2, -0.15) is 0 Å². The van der Waals surface area contributed by atoms with Gasteiger partial charge in [0.1, 0.15) is 0 Å². The van der Waals surface area contributed by atoms with E-state index in [1.807, 2.05) is 0 Å². The molecule has 0 aliphatic rings. The molecule has 1 rings (SSSR count). The van der Waals surface area contributed by atoms with Crippen LogP contribution in [0.15, 0.2) is 24.3 Å². The van der Waals surface area contributed by atoms with Crippen LogP contribution in [0.25, 0.3) is 0 Å². The molecule has 0 aliphatic carbocycles. The Hall–Kier alpha value is -0.980. The predicted octanol–water partition coefficient (Wildman–Crippen LogP) is 6.27. The van der Waals surface area contributed by atoms with E-state index in [1.54, 1.807) is 0 Å². The minimum atomic E-state index is 0.227. The van der Waals surface area contributed by atoms with Crippen LogP contribution in [0, 0.1) is 11.8 Å². The van der Waals surface area contributed by atoms with Gasteiger partial charge < -0.3 is 4.90 Å². The Labute approximate surface area is 139 Å². The van der Waals surface area contributed by atoms with Gasteiger partial charge in [-0.3, -0.25) is 0 Å². The monoisotopic (exact) mass is 303 g/mol. The van der Waals surface area contributed by atoms with Crippen molar-refractivity contribution in [2.75, 3.05) is 11.9 Å². The Morgan fingerprint density at radius 1 is 0.955 bits per heavy atom. The van der Waals surface area contributed by atoms with Gasteiger partial charge in [0.25, 0.3) is 0 Å². The molecular weight excluding hydrogens is 266 g/mol. The van der Waals surface area contributed by atoms with Crippen molar-refractivity contribution >= 4 is 5.69 Å². The molecule has 0 fully saturated rings. The first-order valence-electron chi connectivity index (χ1n) is 9.04. The fourth-order valence-electron chi connectivity index (χ4n) is 3.51. The Morgan fingerprint density at radius 2 is 1.50 bits per heavy atom. The van der Waals surface area contributed by atoms with Crippen LogP contribution in [0.3, 0.4) is 0 Å². The SMILES string of the molecule is CCC(CC(C)C)C(CC)N(C)c1ccc(C(C)(C)C)cc1. The lowest BCUT2D eigenvalue weighted by Crippen LogP contribution is -2.38. The fraction of sp³-hybridized carbons (Fsp3) is 0.714. The van der Waals surface area contributed by atoms with Crippen LogP contribution in [0.4, 0.5) is 5.69 Å². The Bertz CT molecular complexity index is 424. The molecule has 126 valence electrons. The molecule has 0 bridgehead atoms. The molecule has 0 aliphatic heterocycles. The number of anilines is 1. The van der Waals surface area contributed by atoms with Gasteiger partial charge in [-0.05, 0) is 47.8 Å². The lowest BCUT2D eigenvalue weighted by molar-refractivity contribution is 0.322. The van der Waals surface area contributed by atoms with E-state index in [2.05, 4.69) is 84.7 Å². The zero-order valence-electron chi connectivity index (χ0n) is 16.1. The van der Waals surface area contributed by atoms with Crippen molar-refractivity contribution in [3.63, 3.8) is 0 Å². The summed E-state index contributed by atoms with van der Waals surface area (Å²) < 4.78 is 0. The minimum absolute atomic E-state index is 0.227. The van der Waals surface area contributed by atoms with Crippen LogP contribution in [0.2, 0.25) is 0 Å². The molecule has 0 spiro atoms. The molecule has 2 unspecified atom stereocenters. The first kappa shape index (κ1) is 19.1. The average molecular weight is 304 g/mol. The van der Waals surface area contributed by atoms with Crippen molar-refractivity contribution in [2.45, 2.75) is 79.2 Å². The van der Waals surface area contributed by atoms with Gasteiger partial charge in [0.15, 0.2) is 0 Å². The zero-order valence-corrected chi connectivity index (χ0v) is 16.1. The Morgan fingerprint density at radius 3 is 1.86 bits per heavy atom. The molecule has 0 N–H and O–H groups in total. The number of rotatable bonds is 7. The number of nitrogens with zero attached hydrogens (tertiary/aromatic N) is 1. The van der Waals surface area contributed by atoms with Crippen molar-refractivity contribution in [1.29, 1.82) is 0 Å². The summed E-state index contributed by atoms with van der Waals surface area (Å²) in [5, 5.41) is 0. The van der Waals surface area contributed by atoms with Crippen molar-refractivity contribution in [1.82, 2.24) is 0 Å². The highest BCUT2D eigenvalue weighted by atomic mass is 15.1. The molecule has 0 heterocycles. The van der Waals surface area contributed by atoms with Crippen LogP contribution in [0.5, 0.6) is 0 Å². The predicted molar refractivity (Wildman–Crippen MR) is 101 cm³/mol. The first-order chi connectivity index (χ1) is 10.2. The van der Waals surface area contributed by atoms with E-state index in [0.717, 1.165) is 11.8 Å². The van der Waals surface area contributed by atoms with Gasteiger partial charge in [0.05, 0.1) is 0 Å². The summed E-state index contributed by atoms with van der Waals surface area (Å²) in [6, 6.07) is 9.81. The second kappa shape index (κ2) is 8.04. The summed E-state index contributed by atoms with van der Waals surface area (Å²) >= 11 is 0. The van der Waals surface area contributed by atoms with Gasteiger partial charge in [-0.15, -0.1) is 0 Å². The van der Waals surface area contributed by atoms with Gasteiger partial charge in [0, 0.05) is 18.8 Å². The van der Waals surface area contributed by atoms with Crippen LogP contribution in [-0.2, 0) is 5.41 Å². The van der Waals surface area contributed by atoms with Crippen LogP contribution < -0.4 is 4.90 Å². The molecular formula is C21H37N. The maximum Gasteiger partial charge on any atom is 0.0366 e. The quantitative estimate of drug-likeness (QED) is 0.573. The molecule has 1 heteroatoms. The molecule has 0 aromatic heterocycles. The largest absolute Gasteiger partial charge is 0.371 e. The summed E-state index contributed by atoms with van der Waals surface area (Å²) in [7, 11) is 2.27. The highest BCUT2D eigenvalue weighted by molar-refractivity contribution is 5.49. The zero-order chi connectivity index (χ0) is 16.9. The van der Waals surface area contributed by atoms with Crippen LogP contribution >= 0.6 is 0 Å². The second-order valence-corrected chi connectivity index (χ2v) is 8.18. The van der Waals surface area contributed by atoms with E-state index in [9.17, 15) is 0 Å². The van der Waals surface area contributed by atoms with E-state index < -0.39 is 0 Å². The summed E-state index contributed by atoms with van der Waals surface area (Å²) in [6.07, 6.45) is 3.79. The molecule has 1 aromatic rings. The molecule has 0 saturated carbocycles. The highest BCUT2D eigenvalue weighted by Crippen LogP contribution is 2.30. The number of hydrogen-bond acceptors (Lipinski definition) is 1. The van der Waals surface area contributed by atoms with Crippen LogP contribution in [0.1, 0.15) is 73.3 Å². The summed E-state index contributed by atoms with van der Waals surface area (Å²) in [6.45, 7) is 16.2. The molecule has 2 atom stereocenters. The molecule has 1 nitrogen and oxygen atoms in total. The highest BCUT2D eigenvalue weighted by Gasteiger charge is 2.24. The number of benzene rings is 1. The standard InChI is InChI=1S/C21H37N/c1-9-17(15-16(3)4)20(10-2)22(8)19-13-11-18(12-14-19)21(5,6)7/h11-14,16-17,20H,9-10,15H2,1-8H3. The van der Waals surface area contributed by atoms with E-state index >= 15 is 0 Å². The fourth-order valence-corrected chi connectivity index (χ4v) is 3.51. The van der Waals surface area contributed by atoms with Crippen LogP contribution in [-0.4, -0.2) is 13.1 Å². The minimum Gasteiger partial charge on any atom is -0.371 e. The third-order valence-corrected chi connectivity index (χ3v) is 4.90. The van der Waals surface area contributed by atoms with Crippen molar-refractivity contribution < 1.29 is 0 Å². The number of hydrogen-bond donors (Lipinski definition) is 0. The van der Waals surface area contributed by atoms with E-state index in [-0.39, 0.29) is 5.41 Å². The van der Waals surface area contributed by atoms with E-state index in [4.69, 9.17) is 0 Å². The third kappa shape index (κ3) is 5.04. The first-order valence-corrected chi connectivity index (χ1v) is 9.04. The van der Waals surface area contributed by atoms with E-state index in [0.29, 0.717) is 6.04 Å². The molecule has 0 amide bonds. The van der Waals surface area contributed by atoms with Gasteiger partial charge in [-0.1, -0.05) is 67.0 Å². The molecule has 0 radical (unpaired) electrons. The van der Waals surface area contributed by atoms with Gasteiger partial charge in [0.2, 0.25) is 0 Å². The Kier molecular flexibility index (Phi) is 6.97. The second-order valence-electron chi connectivity index (χ2n) is 8.18. The summed E-state index contributed by atoms with van der Waals surface area (Å²) in [5.74, 6) is 1.55. The smallest absolute Gasteiger partial charge is 0.0366 e. The van der Waals surface area contributed by atoms with Crippen molar-refractivity contribution in [3.05, 3.63) is 29.8 Å². The molecule has 0 saturated heterocycles. The van der Waals surface area contributed by atoms with Gasteiger partial charge in [-0.25, -0.2) is 0 Å². The maximum absolute atomic E-state index is 2.50. The van der Waals surface area contributed by atoms with Gasteiger partial charge >= 0.3 is 0 Å². The maximum atomic E-state index is 2.50. The molecule has 22 heavy (non-hydrogen) atoms. The van der Waals surface area contributed by atoms with E-state index in [1.165, 1.54) is 30.5 Å².